The van der Waals surface area contributed by atoms with Crippen LogP contribution in [0.3, 0.4) is 0 Å². The maximum Gasteiger partial charge on any atom is 0.126 e. The van der Waals surface area contributed by atoms with Gasteiger partial charge in [0.15, 0.2) is 0 Å². The Morgan fingerprint density at radius 2 is 1.89 bits per heavy atom. The van der Waals surface area contributed by atoms with Crippen LogP contribution in [0, 0.1) is 0 Å². The van der Waals surface area contributed by atoms with Crippen molar-refractivity contribution in [1.29, 1.82) is 0 Å². The molecule has 1 aliphatic heterocycles. The molecule has 3 rings (SSSR count). The number of hydrogen-bond donors (Lipinski definition) is 2. The number of phenols is 1. The number of aromatic hydroxyl groups is 1. The molecule has 1 aliphatic rings. The van der Waals surface area contributed by atoms with Crippen LogP contribution in [0.1, 0.15) is 29.7 Å². The first-order valence-electron chi connectivity index (χ1n) is 6.14. The summed E-state index contributed by atoms with van der Waals surface area (Å²) in [5.74, 6) is 1.03. The van der Waals surface area contributed by atoms with Crippen molar-refractivity contribution < 1.29 is 9.84 Å². The Balaban J connectivity index is 1.92. The van der Waals surface area contributed by atoms with Gasteiger partial charge in [-0.25, -0.2) is 0 Å². The molecule has 0 radical (unpaired) electrons. The predicted molar refractivity (Wildman–Crippen MR) is 74.5 cm³/mol. The minimum Gasteiger partial charge on any atom is -0.508 e. The van der Waals surface area contributed by atoms with Gasteiger partial charge in [0.2, 0.25) is 0 Å². The molecule has 1 heterocycles. The smallest absolute Gasteiger partial charge is 0.126 e. The Morgan fingerprint density at radius 3 is 2.63 bits per heavy atom. The SMILES string of the molecule is N[C@@H]1CC(c2ccc(O)cc2)Oc2ccc(Cl)cc21. The van der Waals surface area contributed by atoms with E-state index < -0.39 is 0 Å². The van der Waals surface area contributed by atoms with Crippen molar-refractivity contribution in [1.82, 2.24) is 0 Å². The molecule has 0 saturated heterocycles. The summed E-state index contributed by atoms with van der Waals surface area (Å²) >= 11 is 5.97. The number of phenolic OH excluding ortho intramolecular Hbond substituents is 1. The summed E-state index contributed by atoms with van der Waals surface area (Å²) in [5.41, 5.74) is 8.14. The summed E-state index contributed by atoms with van der Waals surface area (Å²) in [6.45, 7) is 0. The molecule has 0 spiro atoms. The fourth-order valence-electron chi connectivity index (χ4n) is 2.37. The first-order valence-corrected chi connectivity index (χ1v) is 6.52. The Kier molecular flexibility index (Phi) is 3.09. The number of ether oxygens (including phenoxy) is 1. The Bertz CT molecular complexity index is 598. The van der Waals surface area contributed by atoms with E-state index in [2.05, 4.69) is 0 Å². The van der Waals surface area contributed by atoms with E-state index in [1.54, 1.807) is 18.2 Å². The molecule has 0 fully saturated rings. The Morgan fingerprint density at radius 1 is 1.16 bits per heavy atom. The molecule has 98 valence electrons. The molecule has 0 amide bonds. The average molecular weight is 276 g/mol. The third kappa shape index (κ3) is 2.39. The van der Waals surface area contributed by atoms with Crippen LogP contribution < -0.4 is 10.5 Å². The normalized spacial score (nSPS) is 21.6. The van der Waals surface area contributed by atoms with Crippen LogP contribution in [0.5, 0.6) is 11.5 Å². The molecule has 3 nitrogen and oxygen atoms in total. The van der Waals surface area contributed by atoms with E-state index in [0.29, 0.717) is 11.4 Å². The van der Waals surface area contributed by atoms with Crippen molar-refractivity contribution in [3.05, 3.63) is 58.6 Å². The zero-order valence-electron chi connectivity index (χ0n) is 10.2. The highest BCUT2D eigenvalue weighted by Crippen LogP contribution is 2.40. The van der Waals surface area contributed by atoms with Crippen LogP contribution in [0.25, 0.3) is 0 Å². The molecule has 19 heavy (non-hydrogen) atoms. The molecule has 2 atom stereocenters. The van der Waals surface area contributed by atoms with Crippen LogP contribution in [0.4, 0.5) is 0 Å². The van der Waals surface area contributed by atoms with E-state index in [-0.39, 0.29) is 17.9 Å². The molecule has 3 N–H and O–H groups in total. The lowest BCUT2D eigenvalue weighted by molar-refractivity contribution is 0.161. The number of benzene rings is 2. The van der Waals surface area contributed by atoms with Crippen molar-refractivity contribution in [2.45, 2.75) is 18.6 Å². The highest BCUT2D eigenvalue weighted by Gasteiger charge is 2.27. The maximum absolute atomic E-state index is 9.32. The van der Waals surface area contributed by atoms with Gasteiger partial charge in [-0.3, -0.25) is 0 Å². The van der Waals surface area contributed by atoms with Crippen LogP contribution in [-0.2, 0) is 0 Å². The molecular formula is C15H14ClNO2. The topological polar surface area (TPSA) is 55.5 Å². The van der Waals surface area contributed by atoms with E-state index in [4.69, 9.17) is 22.1 Å². The largest absolute Gasteiger partial charge is 0.508 e. The third-order valence-corrected chi connectivity index (χ3v) is 3.61. The molecule has 0 saturated carbocycles. The summed E-state index contributed by atoms with van der Waals surface area (Å²) in [7, 11) is 0. The first kappa shape index (κ1) is 12.3. The second-order valence-corrected chi connectivity index (χ2v) is 5.16. The van der Waals surface area contributed by atoms with Gasteiger partial charge < -0.3 is 15.6 Å². The highest BCUT2D eigenvalue weighted by molar-refractivity contribution is 6.30. The van der Waals surface area contributed by atoms with Gasteiger partial charge in [0.25, 0.3) is 0 Å². The number of hydrogen-bond acceptors (Lipinski definition) is 3. The van der Waals surface area contributed by atoms with Gasteiger partial charge >= 0.3 is 0 Å². The van der Waals surface area contributed by atoms with Crippen molar-refractivity contribution in [2.75, 3.05) is 0 Å². The van der Waals surface area contributed by atoms with Gasteiger partial charge in [-0.1, -0.05) is 23.7 Å². The quantitative estimate of drug-likeness (QED) is 0.836. The molecule has 4 heteroatoms. The van der Waals surface area contributed by atoms with Crippen LogP contribution >= 0.6 is 11.6 Å². The van der Waals surface area contributed by atoms with Gasteiger partial charge in [-0.2, -0.15) is 0 Å². The van der Waals surface area contributed by atoms with Gasteiger partial charge in [0, 0.05) is 23.0 Å². The van der Waals surface area contributed by atoms with Crippen molar-refractivity contribution in [3.8, 4) is 11.5 Å². The van der Waals surface area contributed by atoms with E-state index in [0.717, 1.165) is 16.9 Å². The van der Waals surface area contributed by atoms with E-state index in [1.165, 1.54) is 0 Å². The van der Waals surface area contributed by atoms with Crippen LogP contribution in [-0.4, -0.2) is 5.11 Å². The maximum atomic E-state index is 9.32. The summed E-state index contributed by atoms with van der Waals surface area (Å²) in [6.07, 6.45) is 0.599. The van der Waals surface area contributed by atoms with Crippen molar-refractivity contribution >= 4 is 11.6 Å². The lowest BCUT2D eigenvalue weighted by Gasteiger charge is -2.30. The van der Waals surface area contributed by atoms with Crippen LogP contribution in [0.2, 0.25) is 5.02 Å². The second-order valence-electron chi connectivity index (χ2n) is 4.72. The van der Waals surface area contributed by atoms with Gasteiger partial charge in [-0.15, -0.1) is 0 Å². The lowest BCUT2D eigenvalue weighted by Crippen LogP contribution is -2.24. The van der Waals surface area contributed by atoms with E-state index in [1.807, 2.05) is 24.3 Å². The number of nitrogens with two attached hydrogens (primary N) is 1. The second kappa shape index (κ2) is 4.76. The van der Waals surface area contributed by atoms with Crippen molar-refractivity contribution in [2.24, 2.45) is 5.73 Å². The summed E-state index contributed by atoms with van der Waals surface area (Å²) in [6, 6.07) is 12.4. The van der Waals surface area contributed by atoms with E-state index in [9.17, 15) is 5.11 Å². The number of fused-ring (bicyclic) bond motifs is 1. The Labute approximate surface area is 116 Å². The molecule has 2 aromatic rings. The Hall–Kier alpha value is -1.71. The number of rotatable bonds is 1. The van der Waals surface area contributed by atoms with E-state index >= 15 is 0 Å². The monoisotopic (exact) mass is 275 g/mol. The number of halogens is 1. The molecule has 0 aliphatic carbocycles. The minimum atomic E-state index is -0.0961. The zero-order chi connectivity index (χ0) is 13.4. The van der Waals surface area contributed by atoms with Gasteiger partial charge in [-0.05, 0) is 35.9 Å². The minimum absolute atomic E-state index is 0.0933. The standard InChI is InChI=1S/C15H14ClNO2/c16-10-3-6-14-12(7-10)13(17)8-15(19-14)9-1-4-11(18)5-2-9/h1-7,13,15,18H,8,17H2/t13-,15?/m1/s1. The summed E-state index contributed by atoms with van der Waals surface area (Å²) in [5, 5.41) is 9.98. The molecule has 1 unspecified atom stereocenters. The lowest BCUT2D eigenvalue weighted by atomic mass is 9.93. The fourth-order valence-corrected chi connectivity index (χ4v) is 2.55. The fraction of sp³-hybridized carbons (Fsp3) is 0.200. The van der Waals surface area contributed by atoms with Gasteiger partial charge in [0.05, 0.1) is 0 Å². The van der Waals surface area contributed by atoms with Crippen molar-refractivity contribution in [3.63, 3.8) is 0 Å². The third-order valence-electron chi connectivity index (χ3n) is 3.37. The highest BCUT2D eigenvalue weighted by atomic mass is 35.5. The molecular weight excluding hydrogens is 262 g/mol. The molecule has 0 bridgehead atoms. The van der Waals surface area contributed by atoms with Crippen LogP contribution in [0.15, 0.2) is 42.5 Å². The first-order chi connectivity index (χ1) is 9.13. The van der Waals surface area contributed by atoms with Gasteiger partial charge in [0.1, 0.15) is 17.6 Å². The predicted octanol–water partition coefficient (Wildman–Crippen LogP) is 3.57. The molecule has 2 aromatic carbocycles. The summed E-state index contributed by atoms with van der Waals surface area (Å²) < 4.78 is 5.96. The summed E-state index contributed by atoms with van der Waals surface area (Å²) in [4.78, 5) is 0. The average Bonchev–Trinajstić information content (AvgIpc) is 2.40. The zero-order valence-corrected chi connectivity index (χ0v) is 11.0. The molecule has 0 aromatic heterocycles.